The van der Waals surface area contributed by atoms with E-state index in [1.807, 2.05) is 23.6 Å². The van der Waals surface area contributed by atoms with E-state index in [-0.39, 0.29) is 35.9 Å². The fourth-order valence-electron chi connectivity index (χ4n) is 5.63. The summed E-state index contributed by atoms with van der Waals surface area (Å²) in [5.41, 5.74) is 14.8. The fraction of sp³-hybridized carbons (Fsp3) is 0.444. The number of benzene rings is 1. The van der Waals surface area contributed by atoms with Crippen molar-refractivity contribution in [3.63, 3.8) is 0 Å². The number of hydrogen-bond acceptors (Lipinski definition) is 7. The van der Waals surface area contributed by atoms with Crippen LogP contribution in [0.25, 0.3) is 15.9 Å². The lowest BCUT2D eigenvalue weighted by atomic mass is 9.76. The number of carbonyl (C=O) groups is 3. The second-order valence-electron chi connectivity index (χ2n) is 10.6. The van der Waals surface area contributed by atoms with Gasteiger partial charge in [-0.15, -0.1) is 11.3 Å². The van der Waals surface area contributed by atoms with Crippen LogP contribution >= 0.6 is 11.3 Å². The molecule has 1 amide bonds. The number of aromatic nitrogens is 1. The molecule has 2 aromatic heterocycles. The summed E-state index contributed by atoms with van der Waals surface area (Å²) in [6, 6.07) is 7.77. The van der Waals surface area contributed by atoms with Crippen LogP contribution in [-0.4, -0.2) is 40.9 Å². The van der Waals surface area contributed by atoms with Crippen LogP contribution < -0.4 is 16.8 Å². The summed E-state index contributed by atoms with van der Waals surface area (Å²) in [6.07, 6.45) is 4.25. The predicted molar refractivity (Wildman–Crippen MR) is 141 cm³/mol. The number of fused-ring (bicyclic) bond motifs is 3. The molecule has 2 aliphatic carbocycles. The van der Waals surface area contributed by atoms with Crippen LogP contribution in [0.5, 0.6) is 0 Å². The highest BCUT2D eigenvalue weighted by molar-refractivity contribution is 7.17. The number of ketones is 1. The standard InChI is InChI=1S/C27H32N4O4S/c1-27(2)12-21-24(22(32)13-27)19-9-10-36-26(19)31(21)16-5-8-18(25(29)34)20(11-16)30-15-3-6-17(7-4-15)35-23(33)14-28/h5,8-11,15,17,30H,3-4,6-7,12-14,28H2,1-2H3,(H2,29,34). The van der Waals surface area contributed by atoms with Crippen LogP contribution in [-0.2, 0) is 16.0 Å². The Morgan fingerprint density at radius 2 is 1.92 bits per heavy atom. The van der Waals surface area contributed by atoms with Crippen LogP contribution in [0.1, 0.15) is 72.4 Å². The van der Waals surface area contributed by atoms with E-state index in [0.29, 0.717) is 17.7 Å². The molecule has 8 nitrogen and oxygen atoms in total. The molecule has 1 saturated carbocycles. The fourth-order valence-corrected chi connectivity index (χ4v) is 6.58. The van der Waals surface area contributed by atoms with Gasteiger partial charge in [0.1, 0.15) is 10.9 Å². The maximum atomic E-state index is 13.1. The minimum atomic E-state index is -0.498. The smallest absolute Gasteiger partial charge is 0.319 e. The molecule has 0 radical (unpaired) electrons. The van der Waals surface area contributed by atoms with E-state index in [0.717, 1.165) is 59.3 Å². The van der Waals surface area contributed by atoms with Gasteiger partial charge in [0.25, 0.3) is 5.91 Å². The zero-order chi connectivity index (χ0) is 25.6. The molecule has 190 valence electrons. The molecule has 2 aliphatic rings. The molecule has 0 bridgehead atoms. The highest BCUT2D eigenvalue weighted by Gasteiger charge is 2.36. The molecule has 9 heteroatoms. The third-order valence-corrected chi connectivity index (χ3v) is 8.16. The quantitative estimate of drug-likeness (QED) is 0.429. The largest absolute Gasteiger partial charge is 0.461 e. The third kappa shape index (κ3) is 4.53. The monoisotopic (exact) mass is 508 g/mol. The number of Topliss-reactive ketones (excluding diaryl/α,β-unsaturated/α-hetero) is 1. The number of nitrogens with one attached hydrogen (secondary N) is 1. The number of nitrogens with zero attached hydrogens (tertiary/aromatic N) is 1. The van der Waals surface area contributed by atoms with Crippen molar-refractivity contribution in [1.82, 2.24) is 4.57 Å². The summed E-state index contributed by atoms with van der Waals surface area (Å²) < 4.78 is 7.56. The number of amides is 1. The number of primary amides is 1. The first kappa shape index (κ1) is 24.5. The van der Waals surface area contributed by atoms with Gasteiger partial charge in [0.15, 0.2) is 5.78 Å². The Kier molecular flexibility index (Phi) is 6.38. The molecule has 1 fully saturated rings. The first-order valence-corrected chi connectivity index (χ1v) is 13.3. The van der Waals surface area contributed by atoms with Crippen LogP contribution in [0.4, 0.5) is 5.69 Å². The van der Waals surface area contributed by atoms with Crippen LogP contribution in [0.3, 0.4) is 0 Å². The normalized spacial score (nSPS) is 21.2. The van der Waals surface area contributed by atoms with Crippen molar-refractivity contribution in [3.05, 3.63) is 46.5 Å². The van der Waals surface area contributed by atoms with E-state index in [1.54, 1.807) is 17.4 Å². The van der Waals surface area contributed by atoms with Gasteiger partial charge in [0, 0.05) is 40.5 Å². The molecular formula is C27H32N4O4S. The van der Waals surface area contributed by atoms with E-state index >= 15 is 0 Å². The molecular weight excluding hydrogens is 476 g/mol. The SMILES string of the molecule is CC1(C)CC(=O)c2c(n(-c3ccc(C(N)=O)c(NC4CCC(OC(=O)CN)CC4)c3)c3sccc23)C1. The molecule has 0 saturated heterocycles. The number of anilines is 1. The van der Waals surface area contributed by atoms with Gasteiger partial charge < -0.3 is 26.1 Å². The van der Waals surface area contributed by atoms with E-state index < -0.39 is 5.91 Å². The number of esters is 1. The summed E-state index contributed by atoms with van der Waals surface area (Å²) >= 11 is 1.61. The van der Waals surface area contributed by atoms with Crippen LogP contribution in [0, 0.1) is 5.41 Å². The van der Waals surface area contributed by atoms with Gasteiger partial charge in [0.2, 0.25) is 0 Å². The van der Waals surface area contributed by atoms with Crippen molar-refractivity contribution in [2.24, 2.45) is 16.9 Å². The van der Waals surface area contributed by atoms with E-state index in [9.17, 15) is 14.4 Å². The van der Waals surface area contributed by atoms with Crippen molar-refractivity contribution in [1.29, 1.82) is 0 Å². The van der Waals surface area contributed by atoms with Crippen molar-refractivity contribution in [2.75, 3.05) is 11.9 Å². The van der Waals surface area contributed by atoms with Crippen LogP contribution in [0.15, 0.2) is 29.6 Å². The van der Waals surface area contributed by atoms with Crippen molar-refractivity contribution >= 4 is 44.9 Å². The number of nitrogens with two attached hydrogens (primary N) is 2. The van der Waals surface area contributed by atoms with E-state index in [2.05, 4.69) is 23.7 Å². The summed E-state index contributed by atoms with van der Waals surface area (Å²) in [7, 11) is 0. The van der Waals surface area contributed by atoms with Gasteiger partial charge in [-0.1, -0.05) is 13.8 Å². The minimum absolute atomic E-state index is 0.115. The highest BCUT2D eigenvalue weighted by Crippen LogP contribution is 2.43. The average Bonchev–Trinajstić information content (AvgIpc) is 3.39. The molecule has 5 rings (SSSR count). The average molecular weight is 509 g/mol. The minimum Gasteiger partial charge on any atom is -0.461 e. The van der Waals surface area contributed by atoms with Crippen molar-refractivity contribution in [2.45, 2.75) is 64.5 Å². The van der Waals surface area contributed by atoms with Gasteiger partial charge in [-0.2, -0.15) is 0 Å². The third-order valence-electron chi connectivity index (χ3n) is 7.27. The number of thiophene rings is 1. The summed E-state index contributed by atoms with van der Waals surface area (Å²) in [5, 5.41) is 6.54. The molecule has 5 N–H and O–H groups in total. The summed E-state index contributed by atoms with van der Waals surface area (Å²) in [6.45, 7) is 4.14. The molecule has 0 aliphatic heterocycles. The lowest BCUT2D eigenvalue weighted by molar-refractivity contribution is -0.148. The molecule has 0 atom stereocenters. The van der Waals surface area contributed by atoms with Gasteiger partial charge in [0.05, 0.1) is 12.1 Å². The van der Waals surface area contributed by atoms with Gasteiger partial charge >= 0.3 is 5.97 Å². The first-order valence-electron chi connectivity index (χ1n) is 12.4. The number of hydrogen-bond donors (Lipinski definition) is 3. The Hall–Kier alpha value is -3.17. The number of ether oxygens (including phenoxy) is 1. The Balaban J connectivity index is 1.48. The second-order valence-corrected chi connectivity index (χ2v) is 11.5. The molecule has 3 aromatic rings. The molecule has 0 unspecified atom stereocenters. The number of rotatable bonds is 6. The molecule has 1 aromatic carbocycles. The predicted octanol–water partition coefficient (Wildman–Crippen LogP) is 4.17. The zero-order valence-corrected chi connectivity index (χ0v) is 21.5. The van der Waals surface area contributed by atoms with Crippen LogP contribution in [0.2, 0.25) is 0 Å². The molecule has 2 heterocycles. The van der Waals surface area contributed by atoms with E-state index in [1.165, 1.54) is 0 Å². The lowest BCUT2D eigenvalue weighted by Crippen LogP contribution is -2.33. The highest BCUT2D eigenvalue weighted by atomic mass is 32.1. The lowest BCUT2D eigenvalue weighted by Gasteiger charge is -2.31. The Morgan fingerprint density at radius 1 is 1.17 bits per heavy atom. The Morgan fingerprint density at radius 3 is 2.61 bits per heavy atom. The van der Waals surface area contributed by atoms with Gasteiger partial charge in [-0.3, -0.25) is 14.4 Å². The summed E-state index contributed by atoms with van der Waals surface area (Å²) in [4.78, 5) is 37.9. The van der Waals surface area contributed by atoms with E-state index in [4.69, 9.17) is 16.2 Å². The summed E-state index contributed by atoms with van der Waals surface area (Å²) in [5.74, 6) is -0.698. The molecule has 0 spiro atoms. The van der Waals surface area contributed by atoms with Gasteiger partial charge in [-0.25, -0.2) is 0 Å². The first-order chi connectivity index (χ1) is 17.2. The second kappa shape index (κ2) is 9.37. The Labute approximate surface area is 214 Å². The zero-order valence-electron chi connectivity index (χ0n) is 20.6. The topological polar surface area (TPSA) is 129 Å². The molecule has 36 heavy (non-hydrogen) atoms. The maximum Gasteiger partial charge on any atom is 0.319 e. The van der Waals surface area contributed by atoms with Crippen molar-refractivity contribution in [3.8, 4) is 5.69 Å². The van der Waals surface area contributed by atoms with Gasteiger partial charge in [-0.05, 0) is 67.2 Å². The number of carbonyl (C=O) groups excluding carboxylic acids is 3. The maximum absolute atomic E-state index is 13.1. The Bertz CT molecular complexity index is 1350. The van der Waals surface area contributed by atoms with Crippen molar-refractivity contribution < 1.29 is 19.1 Å².